The lowest BCUT2D eigenvalue weighted by molar-refractivity contribution is -0.384. The second kappa shape index (κ2) is 9.32. The number of aromatic nitrogens is 2. The lowest BCUT2D eigenvalue weighted by atomic mass is 10.3. The summed E-state index contributed by atoms with van der Waals surface area (Å²) in [4.78, 5) is 34.6. The van der Waals surface area contributed by atoms with Crippen LogP contribution in [0.2, 0.25) is 0 Å². The molecule has 0 aliphatic heterocycles. The van der Waals surface area contributed by atoms with E-state index in [-0.39, 0.29) is 23.2 Å². The number of hydrogen-bond donors (Lipinski definition) is 2. The molecule has 10 nitrogen and oxygen atoms in total. The van der Waals surface area contributed by atoms with Gasteiger partial charge in [-0.3, -0.25) is 10.1 Å². The third-order valence-corrected chi connectivity index (χ3v) is 3.94. The van der Waals surface area contributed by atoms with Crippen LogP contribution in [0.15, 0.2) is 60.8 Å². The molecule has 2 N–H and O–H groups in total. The minimum atomic E-state index is -0.702. The topological polar surface area (TPSA) is 128 Å². The Morgan fingerprint density at radius 1 is 1.17 bits per heavy atom. The van der Waals surface area contributed by atoms with Crippen LogP contribution in [0.25, 0.3) is 5.69 Å². The lowest BCUT2D eigenvalue weighted by Gasteiger charge is -2.08. The molecule has 0 atom stereocenters. The highest BCUT2D eigenvalue weighted by Crippen LogP contribution is 2.19. The average Bonchev–Trinajstić information content (AvgIpc) is 3.23. The average molecular weight is 409 g/mol. The monoisotopic (exact) mass is 409 g/mol. The van der Waals surface area contributed by atoms with Gasteiger partial charge in [0.05, 0.1) is 10.6 Å². The predicted octanol–water partition coefficient (Wildman–Crippen LogP) is 3.53. The van der Waals surface area contributed by atoms with Crippen LogP contribution < -0.4 is 15.4 Å². The standard InChI is InChI=1S/C20H19N5O5/c1-2-10-21-20(27)22-14-5-3-8-17(12-14)30-19(26)18-9-11-24(23-18)15-6-4-7-16(13-15)25(28)29/h3-9,11-13H,2,10H2,1H3,(H2,21,22,27). The largest absolute Gasteiger partial charge is 0.422 e. The number of nitrogens with zero attached hydrogens (tertiary/aromatic N) is 3. The predicted molar refractivity (Wildman–Crippen MR) is 109 cm³/mol. The highest BCUT2D eigenvalue weighted by Gasteiger charge is 2.15. The van der Waals surface area contributed by atoms with Crippen molar-refractivity contribution in [3.63, 3.8) is 0 Å². The number of nitro benzene ring substituents is 1. The van der Waals surface area contributed by atoms with Gasteiger partial charge >= 0.3 is 12.0 Å². The highest BCUT2D eigenvalue weighted by atomic mass is 16.6. The number of urea groups is 1. The fourth-order valence-electron chi connectivity index (χ4n) is 2.54. The number of carbonyl (C=O) groups is 2. The number of esters is 1. The van der Waals surface area contributed by atoms with E-state index in [2.05, 4.69) is 15.7 Å². The minimum Gasteiger partial charge on any atom is -0.422 e. The molecule has 3 rings (SSSR count). The van der Waals surface area contributed by atoms with Crippen LogP contribution in [0, 0.1) is 10.1 Å². The van der Waals surface area contributed by atoms with Gasteiger partial charge in [0.25, 0.3) is 5.69 Å². The molecule has 3 aromatic rings. The molecule has 2 aromatic carbocycles. The van der Waals surface area contributed by atoms with E-state index in [1.165, 1.54) is 41.2 Å². The van der Waals surface area contributed by atoms with Gasteiger partial charge in [-0.05, 0) is 30.7 Å². The first-order valence-corrected chi connectivity index (χ1v) is 9.14. The summed E-state index contributed by atoms with van der Waals surface area (Å²) in [7, 11) is 0. The zero-order valence-corrected chi connectivity index (χ0v) is 16.1. The van der Waals surface area contributed by atoms with E-state index in [1.807, 2.05) is 6.92 Å². The third kappa shape index (κ3) is 5.19. The number of nitrogens with one attached hydrogen (secondary N) is 2. The second-order valence-electron chi connectivity index (χ2n) is 6.22. The van der Waals surface area contributed by atoms with Gasteiger partial charge in [0.1, 0.15) is 5.75 Å². The molecule has 0 spiro atoms. The number of hydrogen-bond acceptors (Lipinski definition) is 6. The SMILES string of the molecule is CCCNC(=O)Nc1cccc(OC(=O)c2ccn(-c3cccc([N+](=O)[O-])c3)n2)c1. The Balaban J connectivity index is 1.69. The van der Waals surface area contributed by atoms with Gasteiger partial charge in [-0.1, -0.05) is 19.1 Å². The summed E-state index contributed by atoms with van der Waals surface area (Å²) >= 11 is 0. The quantitative estimate of drug-likeness (QED) is 0.266. The summed E-state index contributed by atoms with van der Waals surface area (Å²) in [6.07, 6.45) is 2.32. The normalized spacial score (nSPS) is 10.3. The van der Waals surface area contributed by atoms with Crippen LogP contribution >= 0.6 is 0 Å². The number of ether oxygens (including phenoxy) is 1. The Kier molecular flexibility index (Phi) is 6.38. The van der Waals surface area contributed by atoms with Crippen LogP contribution in [-0.2, 0) is 0 Å². The highest BCUT2D eigenvalue weighted by molar-refractivity contribution is 5.91. The smallest absolute Gasteiger partial charge is 0.364 e. The van der Waals surface area contributed by atoms with E-state index in [0.29, 0.717) is 17.9 Å². The van der Waals surface area contributed by atoms with Crippen LogP contribution in [0.4, 0.5) is 16.2 Å². The van der Waals surface area contributed by atoms with E-state index in [0.717, 1.165) is 6.42 Å². The molecule has 2 amide bonds. The van der Waals surface area contributed by atoms with Gasteiger partial charge in [0, 0.05) is 36.6 Å². The van der Waals surface area contributed by atoms with Gasteiger partial charge < -0.3 is 15.4 Å². The number of non-ortho nitro benzene ring substituents is 1. The first-order valence-electron chi connectivity index (χ1n) is 9.14. The number of anilines is 1. The Hall–Kier alpha value is -4.21. The van der Waals surface area contributed by atoms with Gasteiger partial charge in [-0.2, -0.15) is 5.10 Å². The van der Waals surface area contributed by atoms with E-state index < -0.39 is 10.9 Å². The number of nitro groups is 1. The Morgan fingerprint density at radius 2 is 1.97 bits per heavy atom. The lowest BCUT2D eigenvalue weighted by Crippen LogP contribution is -2.29. The van der Waals surface area contributed by atoms with Crippen LogP contribution in [0.1, 0.15) is 23.8 Å². The van der Waals surface area contributed by atoms with Gasteiger partial charge in [-0.25, -0.2) is 14.3 Å². The van der Waals surface area contributed by atoms with E-state index in [9.17, 15) is 19.7 Å². The molecule has 1 heterocycles. The van der Waals surface area contributed by atoms with Crippen molar-refractivity contribution >= 4 is 23.4 Å². The molecule has 0 radical (unpaired) electrons. The molecular formula is C20H19N5O5. The van der Waals surface area contributed by atoms with Crippen molar-refractivity contribution in [2.24, 2.45) is 0 Å². The molecule has 10 heteroatoms. The van der Waals surface area contributed by atoms with Crippen molar-refractivity contribution in [1.29, 1.82) is 0 Å². The van der Waals surface area contributed by atoms with Crippen LogP contribution in [0.3, 0.4) is 0 Å². The van der Waals surface area contributed by atoms with Crippen molar-refractivity contribution in [2.75, 3.05) is 11.9 Å². The Bertz CT molecular complexity index is 1080. The van der Waals surface area contributed by atoms with Crippen molar-refractivity contribution in [3.8, 4) is 11.4 Å². The maximum absolute atomic E-state index is 12.4. The molecular weight excluding hydrogens is 390 g/mol. The number of carbonyl (C=O) groups excluding carboxylic acids is 2. The first-order chi connectivity index (χ1) is 14.5. The fraction of sp³-hybridized carbons (Fsp3) is 0.150. The second-order valence-corrected chi connectivity index (χ2v) is 6.22. The maximum atomic E-state index is 12.4. The molecule has 0 saturated heterocycles. The van der Waals surface area contributed by atoms with E-state index in [1.54, 1.807) is 24.3 Å². The summed E-state index contributed by atoms with van der Waals surface area (Å²) in [5, 5.41) is 20.4. The number of rotatable bonds is 7. The molecule has 30 heavy (non-hydrogen) atoms. The molecule has 0 fully saturated rings. The molecule has 1 aromatic heterocycles. The van der Waals surface area contributed by atoms with Crippen molar-refractivity contribution in [1.82, 2.24) is 15.1 Å². The Labute approximate surface area is 171 Å². The molecule has 0 aliphatic rings. The Morgan fingerprint density at radius 3 is 2.73 bits per heavy atom. The summed E-state index contributed by atoms with van der Waals surface area (Å²) in [6.45, 7) is 2.49. The molecule has 0 unspecified atom stereocenters. The van der Waals surface area contributed by atoms with Crippen LogP contribution in [0.5, 0.6) is 5.75 Å². The van der Waals surface area contributed by atoms with Crippen molar-refractivity contribution in [2.45, 2.75) is 13.3 Å². The van der Waals surface area contributed by atoms with E-state index in [4.69, 9.17) is 4.74 Å². The van der Waals surface area contributed by atoms with Gasteiger partial charge in [0.15, 0.2) is 5.69 Å². The zero-order valence-electron chi connectivity index (χ0n) is 16.1. The van der Waals surface area contributed by atoms with Crippen molar-refractivity contribution in [3.05, 3.63) is 76.6 Å². The molecule has 0 aliphatic carbocycles. The molecule has 154 valence electrons. The molecule has 0 bridgehead atoms. The van der Waals surface area contributed by atoms with Crippen molar-refractivity contribution < 1.29 is 19.2 Å². The zero-order chi connectivity index (χ0) is 21.5. The third-order valence-electron chi connectivity index (χ3n) is 3.94. The number of benzene rings is 2. The minimum absolute atomic E-state index is 0.0283. The van der Waals surface area contributed by atoms with Gasteiger partial charge in [-0.15, -0.1) is 0 Å². The first kappa shape index (κ1) is 20.5. The van der Waals surface area contributed by atoms with E-state index >= 15 is 0 Å². The summed E-state index contributed by atoms with van der Waals surface area (Å²) < 4.78 is 6.67. The summed E-state index contributed by atoms with van der Waals surface area (Å²) in [6, 6.07) is 13.4. The number of amides is 2. The van der Waals surface area contributed by atoms with Crippen LogP contribution in [-0.4, -0.2) is 33.2 Å². The maximum Gasteiger partial charge on any atom is 0.364 e. The molecule has 0 saturated carbocycles. The summed E-state index contributed by atoms with van der Waals surface area (Å²) in [5.41, 5.74) is 0.850. The van der Waals surface area contributed by atoms with Gasteiger partial charge in [0.2, 0.25) is 0 Å². The summed E-state index contributed by atoms with van der Waals surface area (Å²) in [5.74, 6) is -0.468. The fourth-order valence-corrected chi connectivity index (χ4v) is 2.54.